The summed E-state index contributed by atoms with van der Waals surface area (Å²) < 4.78 is 25.9. The Balaban J connectivity index is 3.24. The topological polar surface area (TPSA) is 60.2 Å². The summed E-state index contributed by atoms with van der Waals surface area (Å²) in [4.78, 5) is -0.0401. The summed E-state index contributed by atoms with van der Waals surface area (Å²) in [5.41, 5.74) is 0.361. The van der Waals surface area contributed by atoms with Crippen molar-refractivity contribution in [3.8, 4) is 0 Å². The van der Waals surface area contributed by atoms with Crippen LogP contribution in [0, 0.1) is 0 Å². The van der Waals surface area contributed by atoms with Gasteiger partial charge in [-0.2, -0.15) is 0 Å². The minimum Gasteiger partial charge on any atom is -0.363 e. The zero-order valence-corrected chi connectivity index (χ0v) is 7.32. The van der Waals surface area contributed by atoms with Crippen molar-refractivity contribution < 1.29 is 12.9 Å². The number of rotatable bonds is 2. The Morgan fingerprint density at radius 3 is 2.73 bits per heavy atom. The molecule has 1 aromatic heterocycles. The number of aryl methyl sites for hydroxylation is 1. The van der Waals surface area contributed by atoms with Gasteiger partial charge >= 0.3 is 0 Å². The Morgan fingerprint density at radius 1 is 1.73 bits per heavy atom. The van der Waals surface area contributed by atoms with E-state index in [1.54, 1.807) is 6.92 Å². The highest BCUT2D eigenvalue weighted by Gasteiger charge is 2.18. The second-order valence-electron chi connectivity index (χ2n) is 1.92. The molecule has 0 atom stereocenters. The van der Waals surface area contributed by atoms with E-state index >= 15 is 0 Å². The first-order valence-corrected chi connectivity index (χ1v) is 5.24. The highest BCUT2D eigenvalue weighted by molar-refractivity contribution is 8.13. The molecule has 0 radical (unpaired) electrons. The third kappa shape index (κ3) is 1.72. The molecule has 1 heterocycles. The van der Waals surface area contributed by atoms with Gasteiger partial charge in [-0.3, -0.25) is 0 Å². The molecule has 0 N–H and O–H groups in total. The van der Waals surface area contributed by atoms with Gasteiger partial charge in [0.15, 0.2) is 0 Å². The van der Waals surface area contributed by atoms with Crippen LogP contribution < -0.4 is 0 Å². The van der Waals surface area contributed by atoms with Crippen molar-refractivity contribution in [3.05, 3.63) is 12.0 Å². The smallest absolute Gasteiger partial charge is 0.266 e. The highest BCUT2D eigenvalue weighted by Crippen LogP contribution is 2.18. The first-order valence-electron chi connectivity index (χ1n) is 2.93. The molecule has 1 rings (SSSR count). The average Bonchev–Trinajstić information content (AvgIpc) is 2.31. The first-order chi connectivity index (χ1) is 5.05. The van der Waals surface area contributed by atoms with Crippen molar-refractivity contribution in [2.75, 3.05) is 0 Å². The molecule has 0 aliphatic carbocycles. The minimum atomic E-state index is -3.69. The van der Waals surface area contributed by atoms with Gasteiger partial charge in [-0.05, 0) is 6.42 Å². The molecule has 6 heteroatoms. The predicted molar refractivity (Wildman–Crippen MR) is 38.9 cm³/mol. The fourth-order valence-corrected chi connectivity index (χ4v) is 1.69. The normalized spacial score (nSPS) is 11.8. The van der Waals surface area contributed by atoms with Gasteiger partial charge in [0.05, 0.1) is 0 Å². The standard InChI is InChI=1S/C5H6ClNO3S/c1-2-4-5(3-10-7-4)11(6,8)9/h3H,2H2,1H3. The van der Waals surface area contributed by atoms with Crippen LogP contribution in [0.15, 0.2) is 15.7 Å². The lowest BCUT2D eigenvalue weighted by atomic mass is 10.3. The van der Waals surface area contributed by atoms with Gasteiger partial charge in [0.1, 0.15) is 16.9 Å². The number of halogens is 1. The maximum absolute atomic E-state index is 10.7. The largest absolute Gasteiger partial charge is 0.363 e. The molecule has 0 saturated heterocycles. The second kappa shape index (κ2) is 2.83. The van der Waals surface area contributed by atoms with Crippen LogP contribution in [0.1, 0.15) is 12.6 Å². The lowest BCUT2D eigenvalue weighted by Crippen LogP contribution is -1.93. The molecule has 0 aliphatic rings. The number of hydrogen-bond donors (Lipinski definition) is 0. The van der Waals surface area contributed by atoms with Crippen LogP contribution in [0.2, 0.25) is 0 Å². The third-order valence-electron chi connectivity index (χ3n) is 1.20. The number of nitrogens with zero attached hydrogens (tertiary/aromatic N) is 1. The molecular weight excluding hydrogens is 190 g/mol. The van der Waals surface area contributed by atoms with Crippen molar-refractivity contribution in [2.24, 2.45) is 0 Å². The molecule has 4 nitrogen and oxygen atoms in total. The first kappa shape index (κ1) is 8.55. The monoisotopic (exact) mass is 195 g/mol. The molecule has 0 amide bonds. The summed E-state index contributed by atoms with van der Waals surface area (Å²) in [6, 6.07) is 0. The fourth-order valence-electron chi connectivity index (χ4n) is 0.688. The van der Waals surface area contributed by atoms with Crippen LogP contribution in [0.4, 0.5) is 0 Å². The van der Waals surface area contributed by atoms with E-state index < -0.39 is 9.05 Å². The van der Waals surface area contributed by atoms with E-state index in [1.807, 2.05) is 0 Å². The molecule has 0 aromatic carbocycles. The Morgan fingerprint density at radius 2 is 2.36 bits per heavy atom. The zero-order valence-electron chi connectivity index (χ0n) is 5.74. The van der Waals surface area contributed by atoms with Crippen molar-refractivity contribution >= 4 is 19.7 Å². The average molecular weight is 196 g/mol. The summed E-state index contributed by atoms with van der Waals surface area (Å²) in [5, 5.41) is 3.46. The lowest BCUT2D eigenvalue weighted by Gasteiger charge is -1.89. The van der Waals surface area contributed by atoms with E-state index in [1.165, 1.54) is 0 Å². The zero-order chi connectivity index (χ0) is 8.48. The molecule has 0 fully saturated rings. The molecule has 11 heavy (non-hydrogen) atoms. The van der Waals surface area contributed by atoms with E-state index in [0.717, 1.165) is 6.26 Å². The summed E-state index contributed by atoms with van der Waals surface area (Å²) in [6.07, 6.45) is 1.51. The molecule has 62 valence electrons. The Labute approximate surface area is 68.6 Å². The van der Waals surface area contributed by atoms with Gasteiger partial charge in [-0.25, -0.2) is 8.42 Å². The van der Waals surface area contributed by atoms with Gasteiger partial charge in [0.2, 0.25) is 0 Å². The number of hydrogen-bond acceptors (Lipinski definition) is 4. The number of aromatic nitrogens is 1. The van der Waals surface area contributed by atoms with Gasteiger partial charge in [-0.15, -0.1) is 0 Å². The van der Waals surface area contributed by atoms with Crippen molar-refractivity contribution in [3.63, 3.8) is 0 Å². The summed E-state index contributed by atoms with van der Waals surface area (Å²) in [6.45, 7) is 1.77. The molecule has 0 spiro atoms. The van der Waals surface area contributed by atoms with Gasteiger partial charge in [0, 0.05) is 10.7 Å². The maximum Gasteiger partial charge on any atom is 0.266 e. The Kier molecular flexibility index (Phi) is 2.20. The predicted octanol–water partition coefficient (Wildman–Crippen LogP) is 1.16. The molecule has 0 bridgehead atoms. The van der Waals surface area contributed by atoms with E-state index in [4.69, 9.17) is 10.7 Å². The van der Waals surface area contributed by atoms with Crippen LogP contribution >= 0.6 is 10.7 Å². The molecule has 0 saturated carbocycles. The lowest BCUT2D eigenvalue weighted by molar-refractivity contribution is 0.411. The van der Waals surface area contributed by atoms with Gasteiger partial charge in [-0.1, -0.05) is 12.1 Å². The van der Waals surface area contributed by atoms with Crippen molar-refractivity contribution in [2.45, 2.75) is 18.2 Å². The van der Waals surface area contributed by atoms with Crippen LogP contribution in [-0.4, -0.2) is 13.6 Å². The van der Waals surface area contributed by atoms with Crippen LogP contribution in [0.3, 0.4) is 0 Å². The highest BCUT2D eigenvalue weighted by atomic mass is 35.7. The SMILES string of the molecule is CCc1nocc1S(=O)(=O)Cl. The quantitative estimate of drug-likeness (QED) is 0.665. The summed E-state index contributed by atoms with van der Waals surface area (Å²) in [5.74, 6) is 0. The van der Waals surface area contributed by atoms with Gasteiger partial charge in [0.25, 0.3) is 9.05 Å². The Hall–Kier alpha value is -0.550. The second-order valence-corrected chi connectivity index (χ2v) is 4.45. The maximum atomic E-state index is 10.7. The van der Waals surface area contributed by atoms with Crippen molar-refractivity contribution in [1.29, 1.82) is 0 Å². The van der Waals surface area contributed by atoms with Crippen LogP contribution in [0.5, 0.6) is 0 Å². The van der Waals surface area contributed by atoms with Crippen LogP contribution in [-0.2, 0) is 15.5 Å². The molecular formula is C5H6ClNO3S. The molecule has 0 unspecified atom stereocenters. The Bertz CT molecular complexity index is 342. The van der Waals surface area contributed by atoms with E-state index in [0.29, 0.717) is 12.1 Å². The molecule has 1 aromatic rings. The summed E-state index contributed by atoms with van der Waals surface area (Å²) >= 11 is 0. The third-order valence-corrected chi connectivity index (χ3v) is 2.56. The summed E-state index contributed by atoms with van der Waals surface area (Å²) in [7, 11) is 1.37. The van der Waals surface area contributed by atoms with Gasteiger partial charge < -0.3 is 4.52 Å². The molecule has 0 aliphatic heterocycles. The minimum absolute atomic E-state index is 0.0401. The van der Waals surface area contributed by atoms with E-state index in [9.17, 15) is 8.42 Å². The van der Waals surface area contributed by atoms with E-state index in [2.05, 4.69) is 9.68 Å². The van der Waals surface area contributed by atoms with E-state index in [-0.39, 0.29) is 4.90 Å². The van der Waals surface area contributed by atoms with Crippen molar-refractivity contribution in [1.82, 2.24) is 5.16 Å². The van der Waals surface area contributed by atoms with Crippen LogP contribution in [0.25, 0.3) is 0 Å². The fraction of sp³-hybridized carbons (Fsp3) is 0.400.